The van der Waals surface area contributed by atoms with E-state index in [0.717, 1.165) is 30.0 Å². The van der Waals surface area contributed by atoms with Crippen LogP contribution >= 0.6 is 11.3 Å². The van der Waals surface area contributed by atoms with E-state index in [0.29, 0.717) is 29.8 Å². The standard InChI is InChI=1S/C25H23F3N2O3S/c1-2-33-24(32)21-15-34-22(29-21)17-6-5-13-30(14-17)23(31)20-8-4-3-7-19(20)16-9-11-18(12-10-16)25(26,27)28/h3-4,7-12,15,17H,2,5-6,13-14H2,1H3. The summed E-state index contributed by atoms with van der Waals surface area (Å²) in [7, 11) is 0. The van der Waals surface area contributed by atoms with Crippen LogP contribution in [-0.2, 0) is 10.9 Å². The van der Waals surface area contributed by atoms with E-state index in [2.05, 4.69) is 4.98 Å². The minimum absolute atomic E-state index is 0.00380. The summed E-state index contributed by atoms with van der Waals surface area (Å²) in [6, 6.07) is 11.8. The lowest BCUT2D eigenvalue weighted by Gasteiger charge is -2.32. The molecule has 9 heteroatoms. The average Bonchev–Trinajstić information content (AvgIpc) is 3.34. The van der Waals surface area contributed by atoms with Crippen LogP contribution in [0.4, 0.5) is 13.2 Å². The number of hydrogen-bond acceptors (Lipinski definition) is 5. The Kier molecular flexibility index (Phi) is 7.02. The number of halogens is 3. The van der Waals surface area contributed by atoms with Gasteiger partial charge in [0.25, 0.3) is 5.91 Å². The lowest BCUT2D eigenvalue weighted by molar-refractivity contribution is -0.137. The minimum Gasteiger partial charge on any atom is -0.461 e. The Hall–Kier alpha value is -3.20. The van der Waals surface area contributed by atoms with Crippen LogP contribution in [0, 0.1) is 0 Å². The normalized spacial score (nSPS) is 16.4. The van der Waals surface area contributed by atoms with Gasteiger partial charge < -0.3 is 9.64 Å². The number of piperidine rings is 1. The molecule has 1 aliphatic rings. The molecule has 3 aromatic rings. The molecule has 0 spiro atoms. The van der Waals surface area contributed by atoms with Crippen LogP contribution in [-0.4, -0.2) is 41.5 Å². The van der Waals surface area contributed by atoms with Crippen molar-refractivity contribution in [3.63, 3.8) is 0 Å². The van der Waals surface area contributed by atoms with Crippen LogP contribution in [0.15, 0.2) is 53.9 Å². The van der Waals surface area contributed by atoms with Gasteiger partial charge in [-0.3, -0.25) is 4.79 Å². The number of carbonyl (C=O) groups is 2. The molecule has 1 unspecified atom stereocenters. The summed E-state index contributed by atoms with van der Waals surface area (Å²) in [5, 5.41) is 2.46. The second-order valence-electron chi connectivity index (χ2n) is 8.00. The largest absolute Gasteiger partial charge is 0.461 e. The molecule has 0 saturated carbocycles. The van der Waals surface area contributed by atoms with Crippen molar-refractivity contribution >= 4 is 23.2 Å². The van der Waals surface area contributed by atoms with Crippen molar-refractivity contribution in [1.82, 2.24) is 9.88 Å². The van der Waals surface area contributed by atoms with Crippen LogP contribution in [0.3, 0.4) is 0 Å². The van der Waals surface area contributed by atoms with Gasteiger partial charge >= 0.3 is 12.1 Å². The third kappa shape index (κ3) is 5.14. The van der Waals surface area contributed by atoms with E-state index >= 15 is 0 Å². The number of likely N-dealkylation sites (tertiary alicyclic amines) is 1. The third-order valence-electron chi connectivity index (χ3n) is 5.75. The Morgan fingerprint density at radius 2 is 1.88 bits per heavy atom. The number of hydrogen-bond donors (Lipinski definition) is 0. The van der Waals surface area contributed by atoms with Gasteiger partial charge in [0.2, 0.25) is 0 Å². The van der Waals surface area contributed by atoms with E-state index in [1.54, 1.807) is 41.5 Å². The molecule has 1 aromatic heterocycles. The zero-order valence-corrected chi connectivity index (χ0v) is 19.3. The van der Waals surface area contributed by atoms with Gasteiger partial charge in [-0.25, -0.2) is 9.78 Å². The molecule has 4 rings (SSSR count). The van der Waals surface area contributed by atoms with Crippen LogP contribution in [0.25, 0.3) is 11.1 Å². The van der Waals surface area contributed by atoms with E-state index < -0.39 is 17.7 Å². The van der Waals surface area contributed by atoms with Crippen molar-refractivity contribution in [3.8, 4) is 11.1 Å². The highest BCUT2D eigenvalue weighted by Gasteiger charge is 2.31. The molecule has 2 aromatic carbocycles. The Balaban J connectivity index is 1.54. The molecule has 34 heavy (non-hydrogen) atoms. The Morgan fingerprint density at radius 1 is 1.15 bits per heavy atom. The van der Waals surface area contributed by atoms with Crippen LogP contribution in [0.2, 0.25) is 0 Å². The summed E-state index contributed by atoms with van der Waals surface area (Å²) in [4.78, 5) is 31.6. The monoisotopic (exact) mass is 488 g/mol. The number of amides is 1. The van der Waals surface area contributed by atoms with Gasteiger partial charge in [-0.1, -0.05) is 30.3 Å². The first kappa shape index (κ1) is 23.9. The zero-order chi connectivity index (χ0) is 24.3. The minimum atomic E-state index is -4.42. The Morgan fingerprint density at radius 3 is 2.59 bits per heavy atom. The number of esters is 1. The van der Waals surface area contributed by atoms with Crippen molar-refractivity contribution in [2.75, 3.05) is 19.7 Å². The maximum atomic E-state index is 13.5. The molecule has 1 amide bonds. The fraction of sp³-hybridized carbons (Fsp3) is 0.320. The van der Waals surface area contributed by atoms with E-state index in [4.69, 9.17) is 4.74 Å². The van der Waals surface area contributed by atoms with Crippen molar-refractivity contribution < 1.29 is 27.5 Å². The first-order chi connectivity index (χ1) is 16.3. The van der Waals surface area contributed by atoms with Gasteiger partial charge in [-0.05, 0) is 49.1 Å². The maximum absolute atomic E-state index is 13.5. The summed E-state index contributed by atoms with van der Waals surface area (Å²) in [6.07, 6.45) is -2.78. The number of alkyl halides is 3. The van der Waals surface area contributed by atoms with Crippen LogP contribution in [0.5, 0.6) is 0 Å². The van der Waals surface area contributed by atoms with Crippen LogP contribution < -0.4 is 0 Å². The number of rotatable bonds is 5. The topological polar surface area (TPSA) is 59.5 Å². The van der Waals surface area contributed by atoms with Crippen molar-refractivity contribution in [3.05, 3.63) is 75.7 Å². The molecular formula is C25H23F3N2O3S. The predicted octanol–water partition coefficient (Wildman–Crippen LogP) is 6.03. The number of aromatic nitrogens is 1. The number of ether oxygens (including phenoxy) is 1. The second kappa shape index (κ2) is 9.97. The number of thiazole rings is 1. The van der Waals surface area contributed by atoms with Gasteiger partial charge in [0.05, 0.1) is 17.2 Å². The smallest absolute Gasteiger partial charge is 0.416 e. The summed E-state index contributed by atoms with van der Waals surface area (Å²) in [5.74, 6) is -0.634. The lowest BCUT2D eigenvalue weighted by Crippen LogP contribution is -2.39. The highest BCUT2D eigenvalue weighted by molar-refractivity contribution is 7.09. The molecule has 178 valence electrons. The second-order valence-corrected chi connectivity index (χ2v) is 8.89. The molecule has 1 saturated heterocycles. The molecule has 0 radical (unpaired) electrons. The van der Waals surface area contributed by atoms with E-state index in [9.17, 15) is 22.8 Å². The van der Waals surface area contributed by atoms with E-state index in [1.807, 2.05) is 0 Å². The average molecular weight is 489 g/mol. The molecule has 2 heterocycles. The SMILES string of the molecule is CCOC(=O)c1csc(C2CCCN(C(=O)c3ccccc3-c3ccc(C(F)(F)F)cc3)C2)n1. The van der Waals surface area contributed by atoms with Crippen molar-refractivity contribution in [1.29, 1.82) is 0 Å². The fourth-order valence-corrected chi connectivity index (χ4v) is 4.98. The van der Waals surface area contributed by atoms with Gasteiger partial charge in [0, 0.05) is 30.0 Å². The first-order valence-electron chi connectivity index (χ1n) is 11.0. The highest BCUT2D eigenvalue weighted by atomic mass is 32.1. The Labute approximate surface area is 199 Å². The van der Waals surface area contributed by atoms with Crippen molar-refractivity contribution in [2.45, 2.75) is 31.9 Å². The molecular weight excluding hydrogens is 465 g/mol. The predicted molar refractivity (Wildman–Crippen MR) is 123 cm³/mol. The summed E-state index contributed by atoms with van der Waals surface area (Å²) in [6.45, 7) is 3.04. The van der Waals surface area contributed by atoms with Gasteiger partial charge in [0.1, 0.15) is 0 Å². The molecule has 1 atom stereocenters. The molecule has 1 aliphatic heterocycles. The van der Waals surface area contributed by atoms with Crippen LogP contribution in [0.1, 0.15) is 57.1 Å². The first-order valence-corrected chi connectivity index (χ1v) is 11.8. The molecule has 1 fully saturated rings. The zero-order valence-electron chi connectivity index (χ0n) is 18.5. The van der Waals surface area contributed by atoms with Gasteiger partial charge in [0.15, 0.2) is 5.69 Å². The number of nitrogens with zero attached hydrogens (tertiary/aromatic N) is 2. The fourth-order valence-electron chi connectivity index (χ4n) is 4.07. The summed E-state index contributed by atoms with van der Waals surface area (Å²) >= 11 is 1.38. The Bertz CT molecular complexity index is 1170. The van der Waals surface area contributed by atoms with E-state index in [-0.39, 0.29) is 24.1 Å². The lowest BCUT2D eigenvalue weighted by atomic mass is 9.95. The third-order valence-corrected chi connectivity index (χ3v) is 6.75. The van der Waals surface area contributed by atoms with Gasteiger partial charge in [-0.15, -0.1) is 11.3 Å². The maximum Gasteiger partial charge on any atom is 0.416 e. The number of benzene rings is 2. The van der Waals surface area contributed by atoms with Gasteiger partial charge in [-0.2, -0.15) is 13.2 Å². The highest BCUT2D eigenvalue weighted by Crippen LogP contribution is 2.34. The summed E-state index contributed by atoms with van der Waals surface area (Å²) in [5.41, 5.74) is 1.11. The quantitative estimate of drug-likeness (QED) is 0.412. The van der Waals surface area contributed by atoms with Crippen molar-refractivity contribution in [2.24, 2.45) is 0 Å². The molecule has 0 aliphatic carbocycles. The summed E-state index contributed by atoms with van der Waals surface area (Å²) < 4.78 is 43.8. The molecule has 0 bridgehead atoms. The molecule has 0 N–H and O–H groups in total. The van der Waals surface area contributed by atoms with E-state index in [1.165, 1.54) is 23.5 Å². The number of carbonyl (C=O) groups excluding carboxylic acids is 2. The molecule has 5 nitrogen and oxygen atoms in total.